The van der Waals surface area contributed by atoms with Crippen molar-refractivity contribution in [1.29, 1.82) is 0 Å². The zero-order valence-corrected chi connectivity index (χ0v) is 12.2. The molecule has 0 atom stereocenters. The van der Waals surface area contributed by atoms with Crippen molar-refractivity contribution in [3.8, 4) is 22.3 Å². The standard InChI is InChI=1S/C19H13NS/c1-2-5-14(6-3-1)15-9-11-16(12-10-15)17-7-4-8-18-19(17)20-13-21-18/h1-13H. The van der Waals surface area contributed by atoms with Gasteiger partial charge < -0.3 is 0 Å². The zero-order chi connectivity index (χ0) is 14.1. The van der Waals surface area contributed by atoms with Gasteiger partial charge in [0.2, 0.25) is 0 Å². The van der Waals surface area contributed by atoms with Crippen molar-refractivity contribution < 1.29 is 0 Å². The maximum absolute atomic E-state index is 4.49. The van der Waals surface area contributed by atoms with E-state index in [2.05, 4.69) is 71.7 Å². The third-order valence-electron chi connectivity index (χ3n) is 3.66. The molecule has 0 aliphatic heterocycles. The SMILES string of the molecule is c1ccc(-c2ccc(-c3cccc4scnc34)cc2)cc1. The molecule has 1 heterocycles. The van der Waals surface area contributed by atoms with Gasteiger partial charge in [-0.2, -0.15) is 0 Å². The van der Waals surface area contributed by atoms with Gasteiger partial charge in [-0.3, -0.25) is 0 Å². The van der Waals surface area contributed by atoms with Crippen molar-refractivity contribution in [2.24, 2.45) is 0 Å². The lowest BCUT2D eigenvalue weighted by atomic mass is 10.00. The van der Waals surface area contributed by atoms with Crippen LogP contribution < -0.4 is 0 Å². The molecule has 21 heavy (non-hydrogen) atoms. The van der Waals surface area contributed by atoms with E-state index < -0.39 is 0 Å². The Morgan fingerprint density at radius 1 is 0.619 bits per heavy atom. The molecule has 0 spiro atoms. The summed E-state index contributed by atoms with van der Waals surface area (Å²) in [7, 11) is 0. The van der Waals surface area contributed by atoms with Crippen LogP contribution in [0.4, 0.5) is 0 Å². The minimum Gasteiger partial charge on any atom is -0.244 e. The second-order valence-electron chi connectivity index (χ2n) is 4.95. The molecular formula is C19H13NS. The van der Waals surface area contributed by atoms with Crippen LogP contribution in [0.25, 0.3) is 32.5 Å². The van der Waals surface area contributed by atoms with Crippen molar-refractivity contribution in [3.63, 3.8) is 0 Å². The van der Waals surface area contributed by atoms with Crippen LogP contribution in [-0.4, -0.2) is 4.98 Å². The van der Waals surface area contributed by atoms with Gasteiger partial charge in [-0.1, -0.05) is 66.7 Å². The van der Waals surface area contributed by atoms with Crippen molar-refractivity contribution in [2.75, 3.05) is 0 Å². The second-order valence-corrected chi connectivity index (χ2v) is 5.83. The van der Waals surface area contributed by atoms with Crippen molar-refractivity contribution in [1.82, 2.24) is 4.98 Å². The Hall–Kier alpha value is -2.45. The monoisotopic (exact) mass is 287 g/mol. The maximum atomic E-state index is 4.49. The average molecular weight is 287 g/mol. The number of nitrogens with zero attached hydrogens (tertiary/aromatic N) is 1. The van der Waals surface area contributed by atoms with Gasteiger partial charge in [-0.05, 0) is 22.8 Å². The molecule has 0 unspecified atom stereocenters. The molecule has 0 bridgehead atoms. The normalized spacial score (nSPS) is 10.9. The van der Waals surface area contributed by atoms with E-state index in [1.165, 1.54) is 27.0 Å². The second kappa shape index (κ2) is 5.15. The van der Waals surface area contributed by atoms with E-state index in [0.717, 1.165) is 5.52 Å². The van der Waals surface area contributed by atoms with Crippen molar-refractivity contribution in [3.05, 3.63) is 78.3 Å². The highest BCUT2D eigenvalue weighted by Crippen LogP contribution is 2.31. The van der Waals surface area contributed by atoms with E-state index in [4.69, 9.17) is 0 Å². The molecule has 0 saturated heterocycles. The zero-order valence-electron chi connectivity index (χ0n) is 11.4. The van der Waals surface area contributed by atoms with Crippen LogP contribution >= 0.6 is 11.3 Å². The van der Waals surface area contributed by atoms with Crippen molar-refractivity contribution >= 4 is 21.6 Å². The predicted molar refractivity (Wildman–Crippen MR) is 90.5 cm³/mol. The Kier molecular flexibility index (Phi) is 3.02. The summed E-state index contributed by atoms with van der Waals surface area (Å²) in [5.41, 5.74) is 7.90. The number of benzene rings is 3. The van der Waals surface area contributed by atoms with E-state index in [9.17, 15) is 0 Å². The summed E-state index contributed by atoms with van der Waals surface area (Å²) < 4.78 is 1.24. The Morgan fingerprint density at radius 2 is 1.33 bits per heavy atom. The molecule has 0 radical (unpaired) electrons. The fourth-order valence-electron chi connectivity index (χ4n) is 2.59. The Labute approximate surface area is 127 Å². The first-order valence-electron chi connectivity index (χ1n) is 6.90. The van der Waals surface area contributed by atoms with Crippen LogP contribution in [0.3, 0.4) is 0 Å². The quantitative estimate of drug-likeness (QED) is 0.465. The molecule has 1 nitrogen and oxygen atoms in total. The summed E-state index contributed by atoms with van der Waals surface area (Å²) >= 11 is 1.69. The fraction of sp³-hybridized carbons (Fsp3) is 0. The molecule has 0 fully saturated rings. The number of hydrogen-bond acceptors (Lipinski definition) is 2. The topological polar surface area (TPSA) is 12.9 Å². The van der Waals surface area contributed by atoms with E-state index >= 15 is 0 Å². The van der Waals surface area contributed by atoms with Crippen LogP contribution in [0, 0.1) is 0 Å². The van der Waals surface area contributed by atoms with Crippen LogP contribution in [0.1, 0.15) is 0 Å². The maximum Gasteiger partial charge on any atom is 0.0890 e. The first-order valence-corrected chi connectivity index (χ1v) is 7.78. The summed E-state index contributed by atoms with van der Waals surface area (Å²) in [4.78, 5) is 4.49. The molecule has 0 saturated carbocycles. The highest BCUT2D eigenvalue weighted by molar-refractivity contribution is 7.16. The Bertz CT molecular complexity index is 876. The number of para-hydroxylation sites is 1. The van der Waals surface area contributed by atoms with Gasteiger partial charge in [0.05, 0.1) is 15.7 Å². The molecule has 0 aliphatic rings. The lowest BCUT2D eigenvalue weighted by molar-refractivity contribution is 1.49. The Balaban J connectivity index is 1.79. The summed E-state index contributed by atoms with van der Waals surface area (Å²) in [6.45, 7) is 0. The predicted octanol–water partition coefficient (Wildman–Crippen LogP) is 5.63. The number of hydrogen-bond donors (Lipinski definition) is 0. The molecule has 0 aliphatic carbocycles. The first-order chi connectivity index (χ1) is 10.4. The highest BCUT2D eigenvalue weighted by atomic mass is 32.1. The van der Waals surface area contributed by atoms with Crippen LogP contribution in [-0.2, 0) is 0 Å². The fourth-order valence-corrected chi connectivity index (χ4v) is 3.30. The van der Waals surface area contributed by atoms with Gasteiger partial charge in [0, 0.05) is 5.56 Å². The number of rotatable bonds is 2. The Morgan fingerprint density at radius 3 is 2.14 bits per heavy atom. The summed E-state index contributed by atoms with van der Waals surface area (Å²) in [5, 5.41) is 0. The smallest absolute Gasteiger partial charge is 0.0890 e. The van der Waals surface area contributed by atoms with Gasteiger partial charge in [0.1, 0.15) is 0 Å². The number of thiazole rings is 1. The molecular weight excluding hydrogens is 274 g/mol. The molecule has 0 amide bonds. The van der Waals surface area contributed by atoms with E-state index in [-0.39, 0.29) is 0 Å². The third-order valence-corrected chi connectivity index (χ3v) is 4.46. The van der Waals surface area contributed by atoms with Crippen LogP contribution in [0.5, 0.6) is 0 Å². The minimum atomic E-state index is 1.09. The average Bonchev–Trinajstić information content (AvgIpc) is 3.04. The van der Waals surface area contributed by atoms with E-state index in [1.54, 1.807) is 11.3 Å². The van der Waals surface area contributed by atoms with Gasteiger partial charge in [0.25, 0.3) is 0 Å². The van der Waals surface area contributed by atoms with Gasteiger partial charge in [-0.25, -0.2) is 4.98 Å². The summed E-state index contributed by atoms with van der Waals surface area (Å²) in [6.07, 6.45) is 0. The number of aromatic nitrogens is 1. The first kappa shape index (κ1) is 12.3. The van der Waals surface area contributed by atoms with Crippen molar-refractivity contribution in [2.45, 2.75) is 0 Å². The molecule has 1 aromatic heterocycles. The third kappa shape index (κ3) is 2.24. The summed E-state index contributed by atoms with van der Waals surface area (Å²) in [6, 6.07) is 25.5. The molecule has 100 valence electrons. The van der Waals surface area contributed by atoms with Gasteiger partial charge >= 0.3 is 0 Å². The van der Waals surface area contributed by atoms with E-state index in [0.29, 0.717) is 0 Å². The largest absolute Gasteiger partial charge is 0.244 e. The van der Waals surface area contributed by atoms with Crippen LogP contribution in [0.2, 0.25) is 0 Å². The molecule has 3 aromatic carbocycles. The number of fused-ring (bicyclic) bond motifs is 1. The molecule has 4 aromatic rings. The molecule has 4 rings (SSSR count). The summed E-state index contributed by atoms with van der Waals surface area (Å²) in [5.74, 6) is 0. The van der Waals surface area contributed by atoms with Gasteiger partial charge in [0.15, 0.2) is 0 Å². The van der Waals surface area contributed by atoms with Gasteiger partial charge in [-0.15, -0.1) is 11.3 Å². The minimum absolute atomic E-state index is 1.09. The lowest BCUT2D eigenvalue weighted by Crippen LogP contribution is -1.82. The lowest BCUT2D eigenvalue weighted by Gasteiger charge is -2.05. The van der Waals surface area contributed by atoms with E-state index in [1.807, 2.05) is 11.6 Å². The highest BCUT2D eigenvalue weighted by Gasteiger charge is 2.06. The van der Waals surface area contributed by atoms with Crippen LogP contribution in [0.15, 0.2) is 78.3 Å². The molecule has 0 N–H and O–H groups in total. The molecule has 2 heteroatoms.